The molecule has 1 unspecified atom stereocenters. The normalized spacial score (nSPS) is 45.4. The first-order chi connectivity index (χ1) is 6.07. The van der Waals surface area contributed by atoms with Crippen molar-refractivity contribution in [2.24, 2.45) is 5.92 Å². The third kappa shape index (κ3) is 1.73. The fourth-order valence-electron chi connectivity index (χ4n) is 1.98. The summed E-state index contributed by atoms with van der Waals surface area (Å²) >= 11 is 0. The van der Waals surface area contributed by atoms with E-state index in [2.05, 4.69) is 0 Å². The smallest absolute Gasteiger partial charge is 0.143 e. The van der Waals surface area contributed by atoms with Gasteiger partial charge in [0.1, 0.15) is 14.0 Å². The maximum Gasteiger partial charge on any atom is 0.143 e. The Kier molecular flexibility index (Phi) is 3.32. The Morgan fingerprint density at radius 1 is 1.54 bits per heavy atom. The largest absolute Gasteiger partial charge is 0.396 e. The van der Waals surface area contributed by atoms with Crippen molar-refractivity contribution in [3.05, 3.63) is 0 Å². The van der Waals surface area contributed by atoms with Crippen LogP contribution in [0.25, 0.3) is 0 Å². The second-order valence-electron chi connectivity index (χ2n) is 3.75. The molecule has 0 saturated carbocycles. The van der Waals surface area contributed by atoms with E-state index >= 15 is 0 Å². The fourth-order valence-corrected chi connectivity index (χ4v) is 1.98. The van der Waals surface area contributed by atoms with Gasteiger partial charge in [-0.2, -0.15) is 0 Å². The maximum absolute atomic E-state index is 13.4. The molecule has 0 aliphatic carbocycles. The van der Waals surface area contributed by atoms with Crippen LogP contribution < -0.4 is 0 Å². The Balaban J connectivity index is 2.76. The zero-order valence-corrected chi connectivity index (χ0v) is 8.03. The molecule has 76 valence electrons. The van der Waals surface area contributed by atoms with Crippen LogP contribution in [0.4, 0.5) is 4.39 Å². The van der Waals surface area contributed by atoms with Crippen LogP contribution in [0.2, 0.25) is 0 Å². The predicted octanol–water partition coefficient (Wildman–Crippen LogP) is -0.937. The fraction of sp³-hybridized carbons (Fsp3) is 1.00. The summed E-state index contributed by atoms with van der Waals surface area (Å²) < 4.78 is 18.8. The quantitative estimate of drug-likeness (QED) is 0.565. The monoisotopic (exact) mass is 190 g/mol. The van der Waals surface area contributed by atoms with Crippen molar-refractivity contribution in [1.82, 2.24) is 0 Å². The molecule has 13 heavy (non-hydrogen) atoms. The van der Waals surface area contributed by atoms with Gasteiger partial charge in [0, 0.05) is 18.9 Å². The van der Waals surface area contributed by atoms with Crippen molar-refractivity contribution in [3.63, 3.8) is 0 Å². The first-order valence-corrected chi connectivity index (χ1v) is 4.61. The van der Waals surface area contributed by atoms with Crippen molar-refractivity contribution in [2.45, 2.75) is 31.1 Å². The van der Waals surface area contributed by atoms with Gasteiger partial charge in [-0.15, -0.1) is 0 Å². The summed E-state index contributed by atoms with van der Waals surface area (Å²) in [6.07, 6.45) is -0.770. The molecule has 0 bridgehead atoms. The van der Waals surface area contributed by atoms with Gasteiger partial charge in [-0.05, 0) is 0 Å². The summed E-state index contributed by atoms with van der Waals surface area (Å²) in [5.41, 5.74) is -0.881. The summed E-state index contributed by atoms with van der Waals surface area (Å²) in [6.45, 7) is 1.38. The number of rotatable bonds is 3. The molecule has 5 heteroatoms. The molecule has 1 fully saturated rings. The second-order valence-corrected chi connectivity index (χ2v) is 3.75. The minimum atomic E-state index is -1.06. The van der Waals surface area contributed by atoms with E-state index in [0.29, 0.717) is 0 Å². The Labute approximate surface area is 78.3 Å². The average molecular weight is 190 g/mol. The molecule has 0 amide bonds. The van der Waals surface area contributed by atoms with Crippen molar-refractivity contribution >= 4 is 7.85 Å². The minimum absolute atomic E-state index is 0.0929. The molecule has 3 nitrogen and oxygen atoms in total. The third-order valence-corrected chi connectivity index (χ3v) is 2.98. The van der Waals surface area contributed by atoms with Crippen LogP contribution in [-0.4, -0.2) is 49.0 Å². The van der Waals surface area contributed by atoms with E-state index in [1.165, 1.54) is 0 Å². The molecule has 4 atom stereocenters. The summed E-state index contributed by atoms with van der Waals surface area (Å²) in [4.78, 5) is 0. The highest BCUT2D eigenvalue weighted by Gasteiger charge is 2.50. The molecule has 0 spiro atoms. The van der Waals surface area contributed by atoms with Gasteiger partial charge in [0.2, 0.25) is 0 Å². The van der Waals surface area contributed by atoms with Crippen molar-refractivity contribution in [2.75, 3.05) is 13.2 Å². The second kappa shape index (κ2) is 3.94. The number of hydrogen-bond donors (Lipinski definition) is 2. The van der Waals surface area contributed by atoms with Crippen LogP contribution in [0.15, 0.2) is 0 Å². The first kappa shape index (κ1) is 11.0. The lowest BCUT2D eigenvalue weighted by molar-refractivity contribution is -0.0812. The summed E-state index contributed by atoms with van der Waals surface area (Å²) in [6, 6.07) is -0.492. The van der Waals surface area contributed by atoms with E-state index in [1.54, 1.807) is 14.8 Å². The summed E-state index contributed by atoms with van der Waals surface area (Å²) in [7, 11) is 1.65. The first-order valence-electron chi connectivity index (χ1n) is 4.61. The Morgan fingerprint density at radius 2 is 2.15 bits per heavy atom. The van der Waals surface area contributed by atoms with E-state index in [9.17, 15) is 4.39 Å². The molecule has 0 aromatic carbocycles. The highest BCUT2D eigenvalue weighted by molar-refractivity contribution is 6.11. The Morgan fingerprint density at radius 3 is 2.46 bits per heavy atom. The highest BCUT2D eigenvalue weighted by Crippen LogP contribution is 2.39. The van der Waals surface area contributed by atoms with E-state index in [0.717, 1.165) is 0 Å². The molecule has 1 rings (SSSR count). The van der Waals surface area contributed by atoms with Gasteiger partial charge >= 0.3 is 0 Å². The zero-order valence-electron chi connectivity index (χ0n) is 8.03. The van der Waals surface area contributed by atoms with Crippen LogP contribution in [0.1, 0.15) is 13.3 Å². The van der Waals surface area contributed by atoms with Crippen LogP contribution in [0.5, 0.6) is 0 Å². The van der Waals surface area contributed by atoms with Crippen molar-refractivity contribution in [3.8, 4) is 0 Å². The van der Waals surface area contributed by atoms with Gasteiger partial charge in [0.25, 0.3) is 0 Å². The SMILES string of the molecule is B[C@@H]1O[C@@](CO)(CCO)C(C)[C@@H]1F. The van der Waals surface area contributed by atoms with Crippen LogP contribution >= 0.6 is 0 Å². The lowest BCUT2D eigenvalue weighted by atomic mass is 9.82. The third-order valence-electron chi connectivity index (χ3n) is 2.98. The number of ether oxygens (including phenoxy) is 1. The van der Waals surface area contributed by atoms with Gasteiger partial charge in [-0.1, -0.05) is 6.92 Å². The molecule has 1 aliphatic rings. The number of hydrogen-bond acceptors (Lipinski definition) is 3. The van der Waals surface area contributed by atoms with E-state index in [4.69, 9.17) is 14.9 Å². The van der Waals surface area contributed by atoms with Crippen LogP contribution in [-0.2, 0) is 4.74 Å². The number of aliphatic hydroxyl groups is 2. The van der Waals surface area contributed by atoms with E-state index < -0.39 is 17.8 Å². The molecule has 1 aliphatic heterocycles. The average Bonchev–Trinajstić information content (AvgIpc) is 2.32. The summed E-state index contributed by atoms with van der Waals surface area (Å²) in [5, 5.41) is 18.0. The van der Waals surface area contributed by atoms with Gasteiger partial charge in [0.05, 0.1) is 18.2 Å². The van der Waals surface area contributed by atoms with Crippen molar-refractivity contribution < 1.29 is 19.3 Å². The standard InChI is InChI=1S/C8H16BFO3/c1-5-6(10)7(9)13-8(5,4-12)2-3-11/h5-7,11-12H,2-4,9H2,1H3/t5?,6-,7+,8+/m0/s1. The lowest BCUT2D eigenvalue weighted by Gasteiger charge is -2.30. The molecule has 0 aromatic heterocycles. The van der Waals surface area contributed by atoms with Gasteiger partial charge in [0.15, 0.2) is 0 Å². The van der Waals surface area contributed by atoms with Gasteiger partial charge in [-0.3, -0.25) is 0 Å². The number of halogens is 1. The summed E-state index contributed by atoms with van der Waals surface area (Å²) in [5.74, 6) is -0.361. The minimum Gasteiger partial charge on any atom is -0.396 e. The van der Waals surface area contributed by atoms with E-state index in [-0.39, 0.29) is 25.6 Å². The van der Waals surface area contributed by atoms with Gasteiger partial charge in [-0.25, -0.2) is 4.39 Å². The molecule has 1 heterocycles. The van der Waals surface area contributed by atoms with Gasteiger partial charge < -0.3 is 14.9 Å². The molecule has 0 aromatic rings. The molecular weight excluding hydrogens is 174 g/mol. The lowest BCUT2D eigenvalue weighted by Crippen LogP contribution is -2.40. The Hall–Kier alpha value is -0.125. The topological polar surface area (TPSA) is 49.7 Å². The molecular formula is C8H16BFO3. The number of alkyl halides is 1. The van der Waals surface area contributed by atoms with E-state index in [1.807, 2.05) is 0 Å². The zero-order chi connectivity index (χ0) is 10.1. The Bertz CT molecular complexity index is 181. The highest BCUT2D eigenvalue weighted by atomic mass is 19.1. The van der Waals surface area contributed by atoms with Crippen molar-refractivity contribution in [1.29, 1.82) is 0 Å². The predicted molar refractivity (Wildman–Crippen MR) is 49.0 cm³/mol. The van der Waals surface area contributed by atoms with Crippen LogP contribution in [0, 0.1) is 5.92 Å². The maximum atomic E-state index is 13.4. The number of aliphatic hydroxyl groups excluding tert-OH is 2. The molecule has 0 radical (unpaired) electrons. The van der Waals surface area contributed by atoms with Crippen LogP contribution in [0.3, 0.4) is 0 Å². The molecule has 1 saturated heterocycles. The molecule has 2 N–H and O–H groups in total.